The van der Waals surface area contributed by atoms with E-state index in [1.165, 1.54) is 0 Å². The lowest BCUT2D eigenvalue weighted by molar-refractivity contribution is -0.138. The Balaban J connectivity index is 2.62. The largest absolute Gasteiger partial charge is 0.481 e. The average Bonchev–Trinajstić information content (AvgIpc) is 2.33. The molecule has 1 atom stereocenters. The Morgan fingerprint density at radius 1 is 1.39 bits per heavy atom. The van der Waals surface area contributed by atoms with Crippen molar-refractivity contribution in [2.45, 2.75) is 39.2 Å². The second-order valence-electron chi connectivity index (χ2n) is 4.13. The first-order valence-corrected chi connectivity index (χ1v) is 5.97. The van der Waals surface area contributed by atoms with Crippen LogP contribution in [0.5, 0.6) is 0 Å². The van der Waals surface area contributed by atoms with E-state index >= 15 is 0 Å². The summed E-state index contributed by atoms with van der Waals surface area (Å²) in [6, 6.07) is 5.48. The molecule has 1 aromatic rings. The molecule has 2 N–H and O–H groups in total. The molecule has 5 heteroatoms. The highest BCUT2D eigenvalue weighted by Gasteiger charge is 2.14. The molecule has 1 rings (SSSR count). The number of aromatic nitrogens is 1. The zero-order chi connectivity index (χ0) is 13.5. The van der Waals surface area contributed by atoms with Crippen molar-refractivity contribution >= 4 is 11.9 Å². The van der Waals surface area contributed by atoms with Gasteiger partial charge in [0.2, 0.25) is 5.91 Å². The Hall–Kier alpha value is -1.91. The van der Waals surface area contributed by atoms with E-state index in [0.717, 1.165) is 17.8 Å². The number of rotatable bonds is 6. The molecule has 18 heavy (non-hydrogen) atoms. The molecule has 0 bridgehead atoms. The van der Waals surface area contributed by atoms with E-state index in [2.05, 4.69) is 10.3 Å². The fourth-order valence-corrected chi connectivity index (χ4v) is 1.63. The number of nitrogens with one attached hydrogen (secondary N) is 1. The van der Waals surface area contributed by atoms with Crippen LogP contribution in [0.3, 0.4) is 0 Å². The molecule has 98 valence electrons. The quantitative estimate of drug-likeness (QED) is 0.807. The number of nitrogens with zero attached hydrogens (tertiary/aromatic N) is 1. The first-order valence-electron chi connectivity index (χ1n) is 5.97. The van der Waals surface area contributed by atoms with Crippen molar-refractivity contribution in [1.29, 1.82) is 0 Å². The van der Waals surface area contributed by atoms with Gasteiger partial charge in [0, 0.05) is 12.1 Å². The molecular formula is C13H18N2O3. The fraction of sp³-hybridized carbons (Fsp3) is 0.462. The van der Waals surface area contributed by atoms with Gasteiger partial charge >= 0.3 is 5.97 Å². The average molecular weight is 250 g/mol. The SMILES string of the molecule is CC[C@H](NC(=O)CCC(=O)O)c1cccc(C)n1. The normalized spacial score (nSPS) is 11.9. The van der Waals surface area contributed by atoms with Crippen LogP contribution in [0.1, 0.15) is 43.6 Å². The van der Waals surface area contributed by atoms with E-state index in [1.54, 1.807) is 0 Å². The van der Waals surface area contributed by atoms with Gasteiger partial charge in [-0.25, -0.2) is 0 Å². The number of carboxylic acids is 1. The van der Waals surface area contributed by atoms with Crippen LogP contribution >= 0.6 is 0 Å². The topological polar surface area (TPSA) is 79.3 Å². The molecule has 0 aliphatic carbocycles. The van der Waals surface area contributed by atoms with E-state index in [-0.39, 0.29) is 24.8 Å². The smallest absolute Gasteiger partial charge is 0.303 e. The van der Waals surface area contributed by atoms with Crippen molar-refractivity contribution in [2.75, 3.05) is 0 Å². The van der Waals surface area contributed by atoms with E-state index in [4.69, 9.17) is 5.11 Å². The molecule has 0 unspecified atom stereocenters. The number of pyridine rings is 1. The second-order valence-corrected chi connectivity index (χ2v) is 4.13. The molecule has 0 radical (unpaired) electrons. The van der Waals surface area contributed by atoms with Crippen LogP contribution in [0.4, 0.5) is 0 Å². The molecule has 0 fully saturated rings. The van der Waals surface area contributed by atoms with Crippen molar-refractivity contribution in [3.8, 4) is 0 Å². The predicted octanol–water partition coefficient (Wildman–Crippen LogP) is 1.82. The van der Waals surface area contributed by atoms with Crippen LogP contribution in [-0.2, 0) is 9.59 Å². The number of amides is 1. The second kappa shape index (κ2) is 6.74. The third-order valence-corrected chi connectivity index (χ3v) is 2.58. The van der Waals surface area contributed by atoms with Crippen molar-refractivity contribution in [2.24, 2.45) is 0 Å². The van der Waals surface area contributed by atoms with Gasteiger partial charge in [-0.3, -0.25) is 14.6 Å². The molecule has 0 aliphatic heterocycles. The maximum atomic E-state index is 11.6. The van der Waals surface area contributed by atoms with Gasteiger partial charge in [0.05, 0.1) is 18.2 Å². The number of carboxylic acid groups (broad SMARTS) is 1. The minimum atomic E-state index is -0.966. The van der Waals surface area contributed by atoms with Crippen molar-refractivity contribution in [3.05, 3.63) is 29.6 Å². The number of carbonyl (C=O) groups is 2. The van der Waals surface area contributed by atoms with Gasteiger partial charge in [-0.15, -0.1) is 0 Å². The molecule has 1 aromatic heterocycles. The molecule has 5 nitrogen and oxygen atoms in total. The van der Waals surface area contributed by atoms with Gasteiger partial charge in [0.1, 0.15) is 0 Å². The van der Waals surface area contributed by atoms with E-state index in [0.29, 0.717) is 0 Å². The summed E-state index contributed by atoms with van der Waals surface area (Å²) in [5, 5.41) is 11.3. The number of hydrogen-bond donors (Lipinski definition) is 2. The Labute approximate surface area is 106 Å². The summed E-state index contributed by atoms with van der Waals surface area (Å²) in [6.07, 6.45) is 0.566. The minimum Gasteiger partial charge on any atom is -0.481 e. The lowest BCUT2D eigenvalue weighted by Crippen LogP contribution is -2.29. The Morgan fingerprint density at radius 3 is 2.67 bits per heavy atom. The zero-order valence-corrected chi connectivity index (χ0v) is 10.6. The van der Waals surface area contributed by atoms with Gasteiger partial charge in [-0.1, -0.05) is 13.0 Å². The maximum Gasteiger partial charge on any atom is 0.303 e. The summed E-state index contributed by atoms with van der Waals surface area (Å²) >= 11 is 0. The molecule has 1 heterocycles. The summed E-state index contributed by atoms with van der Waals surface area (Å²) in [5.41, 5.74) is 1.70. The highest BCUT2D eigenvalue weighted by atomic mass is 16.4. The first kappa shape index (κ1) is 14.2. The predicted molar refractivity (Wildman–Crippen MR) is 67.0 cm³/mol. The number of carbonyl (C=O) groups excluding carboxylic acids is 1. The van der Waals surface area contributed by atoms with Crippen LogP contribution < -0.4 is 5.32 Å². The molecular weight excluding hydrogens is 232 g/mol. The van der Waals surface area contributed by atoms with Crippen LogP contribution in [0.15, 0.2) is 18.2 Å². The highest BCUT2D eigenvalue weighted by molar-refractivity contribution is 5.80. The van der Waals surface area contributed by atoms with E-state index < -0.39 is 5.97 Å². The molecule has 0 saturated heterocycles. The monoisotopic (exact) mass is 250 g/mol. The van der Waals surface area contributed by atoms with Gasteiger partial charge in [-0.05, 0) is 25.5 Å². The Kier molecular flexibility index (Phi) is 5.30. The number of hydrogen-bond acceptors (Lipinski definition) is 3. The minimum absolute atomic E-state index is 0.00233. The summed E-state index contributed by atoms with van der Waals surface area (Å²) in [7, 11) is 0. The van der Waals surface area contributed by atoms with Crippen LogP contribution in [-0.4, -0.2) is 22.0 Å². The zero-order valence-electron chi connectivity index (χ0n) is 10.6. The maximum absolute atomic E-state index is 11.6. The summed E-state index contributed by atoms with van der Waals surface area (Å²) in [4.78, 5) is 26.3. The van der Waals surface area contributed by atoms with Crippen LogP contribution in [0.2, 0.25) is 0 Å². The van der Waals surface area contributed by atoms with Crippen molar-refractivity contribution in [3.63, 3.8) is 0 Å². The van der Waals surface area contributed by atoms with Gasteiger partial charge < -0.3 is 10.4 Å². The van der Waals surface area contributed by atoms with Gasteiger partial charge in [0.25, 0.3) is 0 Å². The molecule has 0 saturated carbocycles. The number of aliphatic carboxylic acids is 1. The highest BCUT2D eigenvalue weighted by Crippen LogP contribution is 2.14. The fourth-order valence-electron chi connectivity index (χ4n) is 1.63. The third kappa shape index (κ3) is 4.53. The van der Waals surface area contributed by atoms with Crippen molar-refractivity contribution < 1.29 is 14.7 Å². The molecule has 0 aromatic carbocycles. The van der Waals surface area contributed by atoms with E-state index in [9.17, 15) is 9.59 Å². The first-order chi connectivity index (χ1) is 8.52. The summed E-state index contributed by atoms with van der Waals surface area (Å²) in [5.74, 6) is -1.22. The lowest BCUT2D eigenvalue weighted by Gasteiger charge is -2.16. The Morgan fingerprint density at radius 2 is 2.11 bits per heavy atom. The standard InChI is InChI=1S/C13H18N2O3/c1-3-10(11-6-4-5-9(2)14-11)15-12(16)7-8-13(17)18/h4-6,10H,3,7-8H2,1-2H3,(H,15,16)(H,17,18)/t10-/m0/s1. The Bertz CT molecular complexity index is 432. The van der Waals surface area contributed by atoms with E-state index in [1.807, 2.05) is 32.0 Å². The lowest BCUT2D eigenvalue weighted by atomic mass is 10.1. The molecule has 0 aliphatic rings. The van der Waals surface area contributed by atoms with Crippen molar-refractivity contribution in [1.82, 2.24) is 10.3 Å². The molecule has 1 amide bonds. The molecule has 0 spiro atoms. The summed E-state index contributed by atoms with van der Waals surface area (Å²) < 4.78 is 0. The van der Waals surface area contributed by atoms with Gasteiger partial charge in [-0.2, -0.15) is 0 Å². The third-order valence-electron chi connectivity index (χ3n) is 2.58. The van der Waals surface area contributed by atoms with Crippen LogP contribution in [0.25, 0.3) is 0 Å². The van der Waals surface area contributed by atoms with Gasteiger partial charge in [0.15, 0.2) is 0 Å². The summed E-state index contributed by atoms with van der Waals surface area (Å²) in [6.45, 7) is 3.84. The number of aryl methyl sites for hydroxylation is 1. The van der Waals surface area contributed by atoms with Crippen LogP contribution in [0, 0.1) is 6.92 Å².